The molecule has 0 radical (unpaired) electrons. The second-order valence-electron chi connectivity index (χ2n) is 1.07. The molecule has 0 aromatic heterocycles. The minimum absolute atomic E-state index is 0.170. The van der Waals surface area contributed by atoms with Crippen LogP contribution < -0.4 is 0 Å². The van der Waals surface area contributed by atoms with Gasteiger partial charge in [-0.05, 0) is 0 Å². The smallest absolute Gasteiger partial charge is 0.318 e. The normalized spacial score (nSPS) is 14.0. The second kappa shape index (κ2) is 4.47. The van der Waals surface area contributed by atoms with Crippen LogP contribution in [0.15, 0.2) is 0 Å². The van der Waals surface area contributed by atoms with Crippen LogP contribution in [-0.2, 0) is 4.79 Å². The Balaban J connectivity index is 3.64. The van der Waals surface area contributed by atoms with Crippen LogP contribution in [0.1, 0.15) is 0 Å². The molecule has 1 N–H and O–H groups in total. The van der Waals surface area contributed by atoms with Gasteiger partial charge in [-0.2, -0.15) is 0 Å². The lowest BCUT2D eigenvalue weighted by Crippen LogP contribution is -2.18. The molecular formula is C3H3I3O2. The van der Waals surface area contributed by atoms with Crippen molar-refractivity contribution in [1.82, 2.24) is 0 Å². The zero-order valence-electron chi connectivity index (χ0n) is 3.64. The molecule has 1 atom stereocenters. The molecule has 0 saturated heterocycles. The Bertz CT molecular complexity index is 92.5. The van der Waals surface area contributed by atoms with Crippen LogP contribution in [0.5, 0.6) is 0 Å². The van der Waals surface area contributed by atoms with Gasteiger partial charge in [-0.3, -0.25) is 4.79 Å². The number of rotatable bonds is 2. The van der Waals surface area contributed by atoms with E-state index in [0.717, 1.165) is 0 Å². The van der Waals surface area contributed by atoms with Crippen molar-refractivity contribution in [2.75, 3.05) is 0 Å². The lowest BCUT2D eigenvalue weighted by Gasteiger charge is -2.02. The minimum Gasteiger partial charge on any atom is -0.480 e. The van der Waals surface area contributed by atoms with Gasteiger partial charge in [0.05, 0.1) is 1.93 Å². The van der Waals surface area contributed by atoms with Crippen molar-refractivity contribution in [3.8, 4) is 0 Å². The molecule has 8 heavy (non-hydrogen) atoms. The van der Waals surface area contributed by atoms with Crippen molar-refractivity contribution in [1.29, 1.82) is 0 Å². The van der Waals surface area contributed by atoms with E-state index in [9.17, 15) is 4.79 Å². The van der Waals surface area contributed by atoms with E-state index in [2.05, 4.69) is 45.2 Å². The van der Waals surface area contributed by atoms with Gasteiger partial charge in [-0.25, -0.2) is 0 Å². The van der Waals surface area contributed by atoms with Gasteiger partial charge in [0, 0.05) is 0 Å². The van der Waals surface area contributed by atoms with Crippen molar-refractivity contribution in [3.05, 3.63) is 0 Å². The maximum atomic E-state index is 10.1. The van der Waals surface area contributed by atoms with Crippen molar-refractivity contribution in [3.63, 3.8) is 0 Å². The van der Waals surface area contributed by atoms with Crippen molar-refractivity contribution >= 4 is 73.7 Å². The standard InChI is InChI=1S/C3H3I3O2/c4-1(2(5)6)3(7)8/h1-2H,(H,7,8). The summed E-state index contributed by atoms with van der Waals surface area (Å²) in [5.74, 6) is -0.737. The van der Waals surface area contributed by atoms with Crippen LogP contribution in [-0.4, -0.2) is 16.9 Å². The molecule has 0 amide bonds. The van der Waals surface area contributed by atoms with Gasteiger partial charge in [0.1, 0.15) is 3.92 Å². The molecule has 0 saturated carbocycles. The molecule has 5 heteroatoms. The highest BCUT2D eigenvalue weighted by atomic mass is 127. The van der Waals surface area contributed by atoms with Gasteiger partial charge in [0.25, 0.3) is 0 Å². The number of carboxylic acid groups (broad SMARTS) is 1. The third-order valence-corrected chi connectivity index (χ3v) is 5.90. The summed E-state index contributed by atoms with van der Waals surface area (Å²) < 4.78 is -0.0999. The lowest BCUT2D eigenvalue weighted by molar-refractivity contribution is -0.135. The van der Waals surface area contributed by atoms with Gasteiger partial charge in [-0.1, -0.05) is 67.8 Å². The molecule has 0 rings (SSSR count). The lowest BCUT2D eigenvalue weighted by atomic mass is 10.5. The molecule has 0 aliphatic carbocycles. The summed E-state index contributed by atoms with van der Waals surface area (Å²) in [5, 5.41) is 8.34. The summed E-state index contributed by atoms with van der Waals surface area (Å²) >= 11 is 6.07. The molecule has 0 bridgehead atoms. The highest BCUT2D eigenvalue weighted by molar-refractivity contribution is 14.2. The van der Waals surface area contributed by atoms with Crippen molar-refractivity contribution in [2.45, 2.75) is 5.86 Å². The Labute approximate surface area is 88.2 Å². The van der Waals surface area contributed by atoms with E-state index < -0.39 is 5.97 Å². The number of alkyl halides is 3. The molecule has 0 fully saturated rings. The van der Waals surface area contributed by atoms with Crippen LogP contribution in [0, 0.1) is 0 Å². The summed E-state index contributed by atoms with van der Waals surface area (Å²) in [5.41, 5.74) is 0. The van der Waals surface area contributed by atoms with E-state index in [4.69, 9.17) is 5.11 Å². The zero-order chi connectivity index (χ0) is 6.73. The van der Waals surface area contributed by atoms with E-state index in [0.29, 0.717) is 0 Å². The number of carboxylic acids is 1. The van der Waals surface area contributed by atoms with Gasteiger partial charge >= 0.3 is 5.97 Å². The summed E-state index contributed by atoms with van der Waals surface area (Å²) in [4.78, 5) is 10.1. The molecule has 1 unspecified atom stereocenters. The molecular weight excluding hydrogens is 449 g/mol. The molecule has 0 aliphatic heterocycles. The Morgan fingerprint density at radius 1 is 1.38 bits per heavy atom. The Morgan fingerprint density at radius 2 is 1.75 bits per heavy atom. The van der Waals surface area contributed by atoms with E-state index in [-0.39, 0.29) is 5.86 Å². The third-order valence-electron chi connectivity index (χ3n) is 0.457. The number of hydrogen-bond donors (Lipinski definition) is 1. The van der Waals surface area contributed by atoms with E-state index >= 15 is 0 Å². The van der Waals surface area contributed by atoms with E-state index in [1.807, 2.05) is 22.6 Å². The quantitative estimate of drug-likeness (QED) is 0.516. The first-order valence-corrected chi connectivity index (χ1v) is 5.44. The highest BCUT2D eigenvalue weighted by Crippen LogP contribution is 2.21. The number of hydrogen-bond acceptors (Lipinski definition) is 1. The summed E-state index contributed by atoms with van der Waals surface area (Å²) in [6, 6.07) is 0. The van der Waals surface area contributed by atoms with E-state index in [1.165, 1.54) is 0 Å². The largest absolute Gasteiger partial charge is 0.480 e. The predicted octanol–water partition coefficient (Wildman–Crippen LogP) is 2.07. The van der Waals surface area contributed by atoms with Crippen LogP contribution in [0.3, 0.4) is 0 Å². The monoisotopic (exact) mass is 452 g/mol. The first-order valence-electron chi connectivity index (χ1n) is 1.70. The first-order chi connectivity index (χ1) is 3.55. The first kappa shape index (κ1) is 9.66. The predicted molar refractivity (Wildman–Crippen MR) is 57.3 cm³/mol. The van der Waals surface area contributed by atoms with Crippen LogP contribution in [0.4, 0.5) is 0 Å². The van der Waals surface area contributed by atoms with Gasteiger partial charge in [-0.15, -0.1) is 0 Å². The number of halogens is 3. The Morgan fingerprint density at radius 3 is 1.75 bits per heavy atom. The molecule has 0 aromatic rings. The third kappa shape index (κ3) is 3.64. The average Bonchev–Trinajstić information content (AvgIpc) is 1.64. The van der Waals surface area contributed by atoms with Gasteiger partial charge < -0.3 is 5.11 Å². The van der Waals surface area contributed by atoms with E-state index in [1.54, 1.807) is 0 Å². The number of carbonyl (C=O) groups is 1. The fourth-order valence-corrected chi connectivity index (χ4v) is 0.723. The maximum Gasteiger partial charge on any atom is 0.318 e. The zero-order valence-corrected chi connectivity index (χ0v) is 10.1. The molecule has 0 aromatic carbocycles. The Kier molecular flexibility index (Phi) is 5.40. The molecule has 2 nitrogen and oxygen atoms in total. The molecule has 0 heterocycles. The Hall–Kier alpha value is 1.66. The summed E-state index contributed by atoms with van der Waals surface area (Å²) in [7, 11) is 0. The summed E-state index contributed by atoms with van der Waals surface area (Å²) in [6.07, 6.45) is 0. The van der Waals surface area contributed by atoms with Crippen molar-refractivity contribution < 1.29 is 9.90 Å². The van der Waals surface area contributed by atoms with Crippen LogP contribution >= 0.6 is 67.8 Å². The summed E-state index contributed by atoms with van der Waals surface area (Å²) in [6.45, 7) is 0. The van der Waals surface area contributed by atoms with Gasteiger partial charge in [0.15, 0.2) is 0 Å². The number of aliphatic carboxylic acids is 1. The molecule has 0 spiro atoms. The molecule has 0 aliphatic rings. The van der Waals surface area contributed by atoms with Crippen LogP contribution in [0.25, 0.3) is 0 Å². The fraction of sp³-hybridized carbons (Fsp3) is 0.667. The fourth-order valence-electron chi connectivity index (χ4n) is 0.108. The van der Waals surface area contributed by atoms with Crippen molar-refractivity contribution in [2.24, 2.45) is 0 Å². The maximum absolute atomic E-state index is 10.1. The minimum atomic E-state index is -0.737. The van der Waals surface area contributed by atoms with Gasteiger partial charge in [0.2, 0.25) is 0 Å². The SMILES string of the molecule is O=C(O)C(I)C(I)I. The second-order valence-corrected chi connectivity index (χ2v) is 7.48. The highest BCUT2D eigenvalue weighted by Gasteiger charge is 2.18. The topological polar surface area (TPSA) is 37.3 Å². The molecule has 48 valence electrons. The van der Waals surface area contributed by atoms with Crippen LogP contribution in [0.2, 0.25) is 0 Å². The average molecular weight is 452 g/mol.